The normalized spacial score (nSPS) is 11.9. The largest absolute Gasteiger partial charge is 0.494 e. The van der Waals surface area contributed by atoms with Crippen molar-refractivity contribution in [2.45, 2.75) is 44.7 Å². The molecular formula is C21H28N2O4S. The standard InChI is InChI=1S/C21H28N2O4S/c1-6-27-18-11-7-16(8-12-18)15-23(5)20(24)17-9-13-19(14-10-17)28(25,26)22-21(2,3)4/h7-14,22H,6,15H2,1-5H3. The fraction of sp³-hybridized carbons (Fsp3) is 0.381. The van der Waals surface area contributed by atoms with E-state index < -0.39 is 15.6 Å². The predicted octanol–water partition coefficient (Wildman–Crippen LogP) is 3.43. The van der Waals surface area contributed by atoms with Crippen LogP contribution in [0.4, 0.5) is 0 Å². The molecule has 0 spiro atoms. The van der Waals surface area contributed by atoms with Gasteiger partial charge in [-0.05, 0) is 69.7 Å². The highest BCUT2D eigenvalue weighted by atomic mass is 32.2. The van der Waals surface area contributed by atoms with Crippen molar-refractivity contribution in [3.8, 4) is 5.75 Å². The number of carbonyl (C=O) groups is 1. The fourth-order valence-electron chi connectivity index (χ4n) is 2.66. The summed E-state index contributed by atoms with van der Waals surface area (Å²) in [6.07, 6.45) is 0. The van der Waals surface area contributed by atoms with Crippen LogP contribution in [0.25, 0.3) is 0 Å². The number of nitrogens with zero attached hydrogens (tertiary/aromatic N) is 1. The number of rotatable bonds is 7. The van der Waals surface area contributed by atoms with E-state index >= 15 is 0 Å². The number of hydrogen-bond acceptors (Lipinski definition) is 4. The Morgan fingerprint density at radius 2 is 1.61 bits per heavy atom. The smallest absolute Gasteiger partial charge is 0.253 e. The minimum Gasteiger partial charge on any atom is -0.494 e. The van der Waals surface area contributed by atoms with Crippen LogP contribution in [-0.4, -0.2) is 38.4 Å². The van der Waals surface area contributed by atoms with E-state index in [0.717, 1.165) is 11.3 Å². The van der Waals surface area contributed by atoms with E-state index in [4.69, 9.17) is 4.74 Å². The molecule has 0 heterocycles. The summed E-state index contributed by atoms with van der Waals surface area (Å²) < 4.78 is 32.7. The van der Waals surface area contributed by atoms with Gasteiger partial charge in [0.2, 0.25) is 10.0 Å². The molecule has 1 N–H and O–H groups in total. The van der Waals surface area contributed by atoms with Crippen molar-refractivity contribution in [3.05, 3.63) is 59.7 Å². The zero-order valence-electron chi connectivity index (χ0n) is 17.0. The van der Waals surface area contributed by atoms with E-state index in [2.05, 4.69) is 4.72 Å². The molecule has 2 aromatic carbocycles. The van der Waals surface area contributed by atoms with Crippen LogP contribution in [0.1, 0.15) is 43.6 Å². The Morgan fingerprint density at radius 3 is 2.11 bits per heavy atom. The summed E-state index contributed by atoms with van der Waals surface area (Å²) in [7, 11) is -1.91. The number of carbonyl (C=O) groups excluding carboxylic acids is 1. The van der Waals surface area contributed by atoms with Crippen LogP contribution in [0.5, 0.6) is 5.75 Å². The van der Waals surface area contributed by atoms with E-state index in [0.29, 0.717) is 18.7 Å². The van der Waals surface area contributed by atoms with Crippen molar-refractivity contribution in [1.82, 2.24) is 9.62 Å². The van der Waals surface area contributed by atoms with Gasteiger partial charge in [0.1, 0.15) is 5.75 Å². The molecule has 7 heteroatoms. The number of amides is 1. The van der Waals surface area contributed by atoms with E-state index in [-0.39, 0.29) is 10.8 Å². The topological polar surface area (TPSA) is 75.7 Å². The van der Waals surface area contributed by atoms with Gasteiger partial charge in [0.15, 0.2) is 0 Å². The van der Waals surface area contributed by atoms with Gasteiger partial charge in [0.25, 0.3) is 5.91 Å². The summed E-state index contributed by atoms with van der Waals surface area (Å²) in [4.78, 5) is 14.4. The molecular weight excluding hydrogens is 376 g/mol. The van der Waals surface area contributed by atoms with Gasteiger partial charge < -0.3 is 9.64 Å². The van der Waals surface area contributed by atoms with E-state index in [1.165, 1.54) is 24.3 Å². The molecule has 0 fully saturated rings. The second-order valence-electron chi connectivity index (χ2n) is 7.62. The minimum atomic E-state index is -3.62. The fourth-order valence-corrected chi connectivity index (χ4v) is 4.08. The summed E-state index contributed by atoms with van der Waals surface area (Å²) in [6, 6.07) is 13.6. The van der Waals surface area contributed by atoms with Gasteiger partial charge in [-0.2, -0.15) is 0 Å². The maximum absolute atomic E-state index is 12.6. The molecule has 0 saturated heterocycles. The third kappa shape index (κ3) is 6.07. The lowest BCUT2D eigenvalue weighted by Gasteiger charge is -2.21. The number of sulfonamides is 1. The predicted molar refractivity (Wildman–Crippen MR) is 110 cm³/mol. The third-order valence-electron chi connectivity index (χ3n) is 3.85. The highest BCUT2D eigenvalue weighted by Crippen LogP contribution is 2.17. The van der Waals surface area contributed by atoms with E-state index in [1.54, 1.807) is 32.7 Å². The molecule has 0 aliphatic carbocycles. The van der Waals surface area contributed by atoms with Gasteiger partial charge in [-0.3, -0.25) is 4.79 Å². The van der Waals surface area contributed by atoms with Crippen LogP contribution in [-0.2, 0) is 16.6 Å². The Balaban J connectivity index is 2.07. The molecule has 0 saturated carbocycles. The first-order valence-corrected chi connectivity index (χ1v) is 10.6. The molecule has 152 valence electrons. The monoisotopic (exact) mass is 404 g/mol. The zero-order valence-corrected chi connectivity index (χ0v) is 17.8. The highest BCUT2D eigenvalue weighted by molar-refractivity contribution is 7.89. The first-order chi connectivity index (χ1) is 13.0. The van der Waals surface area contributed by atoms with Gasteiger partial charge in [-0.1, -0.05) is 12.1 Å². The molecule has 2 rings (SSSR count). The molecule has 0 bridgehead atoms. The summed E-state index contributed by atoms with van der Waals surface area (Å²) in [6.45, 7) is 8.30. The molecule has 0 unspecified atom stereocenters. The third-order valence-corrected chi connectivity index (χ3v) is 5.63. The lowest BCUT2D eigenvalue weighted by Crippen LogP contribution is -2.40. The molecule has 0 aliphatic heterocycles. The summed E-state index contributed by atoms with van der Waals surface area (Å²) >= 11 is 0. The van der Waals surface area contributed by atoms with Crippen LogP contribution in [0, 0.1) is 0 Å². The van der Waals surface area contributed by atoms with Crippen LogP contribution >= 0.6 is 0 Å². The van der Waals surface area contributed by atoms with Gasteiger partial charge in [-0.25, -0.2) is 13.1 Å². The van der Waals surface area contributed by atoms with Gasteiger partial charge in [0.05, 0.1) is 11.5 Å². The molecule has 2 aromatic rings. The molecule has 28 heavy (non-hydrogen) atoms. The Hall–Kier alpha value is -2.38. The maximum Gasteiger partial charge on any atom is 0.253 e. The Morgan fingerprint density at radius 1 is 1.04 bits per heavy atom. The van der Waals surface area contributed by atoms with Crippen molar-refractivity contribution < 1.29 is 17.9 Å². The van der Waals surface area contributed by atoms with E-state index in [1.807, 2.05) is 31.2 Å². The highest BCUT2D eigenvalue weighted by Gasteiger charge is 2.22. The second-order valence-corrected chi connectivity index (χ2v) is 9.30. The molecule has 0 aliphatic rings. The van der Waals surface area contributed by atoms with Crippen LogP contribution in [0.15, 0.2) is 53.4 Å². The van der Waals surface area contributed by atoms with Crippen molar-refractivity contribution in [2.75, 3.05) is 13.7 Å². The minimum absolute atomic E-state index is 0.133. The summed E-state index contributed by atoms with van der Waals surface area (Å²) in [5.41, 5.74) is 0.835. The van der Waals surface area contributed by atoms with Crippen LogP contribution in [0.2, 0.25) is 0 Å². The van der Waals surface area contributed by atoms with Gasteiger partial charge >= 0.3 is 0 Å². The molecule has 0 aromatic heterocycles. The number of benzene rings is 2. The van der Waals surface area contributed by atoms with Crippen molar-refractivity contribution in [2.24, 2.45) is 0 Å². The average molecular weight is 405 g/mol. The molecule has 0 radical (unpaired) electrons. The molecule has 6 nitrogen and oxygen atoms in total. The molecule has 1 amide bonds. The lowest BCUT2D eigenvalue weighted by molar-refractivity contribution is 0.0785. The number of ether oxygens (including phenoxy) is 1. The van der Waals surface area contributed by atoms with Gasteiger partial charge in [0, 0.05) is 24.7 Å². The Bertz CT molecular complexity index is 899. The van der Waals surface area contributed by atoms with Crippen molar-refractivity contribution in [1.29, 1.82) is 0 Å². The Labute approximate surface area is 167 Å². The number of nitrogens with one attached hydrogen (secondary N) is 1. The Kier molecular flexibility index (Phi) is 6.85. The SMILES string of the molecule is CCOc1ccc(CN(C)C(=O)c2ccc(S(=O)(=O)NC(C)(C)C)cc2)cc1. The molecule has 0 atom stereocenters. The van der Waals surface area contributed by atoms with Gasteiger partial charge in [-0.15, -0.1) is 0 Å². The maximum atomic E-state index is 12.6. The summed E-state index contributed by atoms with van der Waals surface area (Å²) in [5, 5.41) is 0. The van der Waals surface area contributed by atoms with Crippen molar-refractivity contribution in [3.63, 3.8) is 0 Å². The second kappa shape index (κ2) is 8.75. The average Bonchev–Trinajstić information content (AvgIpc) is 2.61. The van der Waals surface area contributed by atoms with Crippen LogP contribution < -0.4 is 9.46 Å². The van der Waals surface area contributed by atoms with Crippen molar-refractivity contribution >= 4 is 15.9 Å². The quantitative estimate of drug-likeness (QED) is 0.767. The van der Waals surface area contributed by atoms with E-state index in [9.17, 15) is 13.2 Å². The first-order valence-electron chi connectivity index (χ1n) is 9.13. The zero-order chi connectivity index (χ0) is 20.9. The first kappa shape index (κ1) is 21.9. The number of hydrogen-bond donors (Lipinski definition) is 1. The summed E-state index contributed by atoms with van der Waals surface area (Å²) in [5.74, 6) is 0.613. The van der Waals surface area contributed by atoms with Crippen LogP contribution in [0.3, 0.4) is 0 Å². The lowest BCUT2D eigenvalue weighted by atomic mass is 10.1.